The maximum absolute atomic E-state index is 12.6. The van der Waals surface area contributed by atoms with E-state index in [9.17, 15) is 4.79 Å². The number of aromatic nitrogens is 3. The summed E-state index contributed by atoms with van der Waals surface area (Å²) in [4.78, 5) is 22.5. The molecule has 2 aromatic heterocycles. The lowest BCUT2D eigenvalue weighted by Crippen LogP contribution is -2.32. The molecule has 0 bridgehead atoms. The molecule has 0 aliphatic heterocycles. The van der Waals surface area contributed by atoms with Gasteiger partial charge in [-0.05, 0) is 39.8 Å². The Morgan fingerprint density at radius 2 is 2.00 bits per heavy atom. The van der Waals surface area contributed by atoms with Gasteiger partial charge >= 0.3 is 0 Å². The molecule has 0 saturated heterocycles. The Morgan fingerprint density at radius 1 is 1.26 bits per heavy atom. The van der Waals surface area contributed by atoms with Gasteiger partial charge in [-0.3, -0.25) is 4.79 Å². The Bertz CT molecular complexity index is 851. The van der Waals surface area contributed by atoms with E-state index in [1.165, 1.54) is 0 Å². The molecule has 23 heavy (non-hydrogen) atoms. The van der Waals surface area contributed by atoms with Gasteiger partial charge < -0.3 is 9.88 Å². The van der Waals surface area contributed by atoms with Crippen LogP contribution < -0.4 is 5.32 Å². The average molecular weight is 328 g/mol. The number of carbonyl (C=O) groups excluding carboxylic acids is 1. The summed E-state index contributed by atoms with van der Waals surface area (Å²) in [6.07, 6.45) is 1.72. The lowest BCUT2D eigenvalue weighted by Gasteiger charge is -2.18. The first-order valence-electron chi connectivity index (χ1n) is 7.63. The second-order valence-electron chi connectivity index (χ2n) is 5.73. The SMILES string of the molecule is Cc1nc(C)c([C@@H](C)NC(=O)[C@@H](C)n2cnc3ccccc32)s1. The number of hydrogen-bond donors (Lipinski definition) is 1. The summed E-state index contributed by atoms with van der Waals surface area (Å²) >= 11 is 1.63. The number of amides is 1. The van der Waals surface area contributed by atoms with Crippen LogP contribution in [0.3, 0.4) is 0 Å². The van der Waals surface area contributed by atoms with E-state index < -0.39 is 0 Å². The first-order chi connectivity index (χ1) is 11.0. The normalized spacial score (nSPS) is 13.9. The predicted molar refractivity (Wildman–Crippen MR) is 92.6 cm³/mol. The van der Waals surface area contributed by atoms with Gasteiger partial charge in [0.25, 0.3) is 0 Å². The number of thiazole rings is 1. The lowest BCUT2D eigenvalue weighted by molar-refractivity contribution is -0.124. The Kier molecular flexibility index (Phi) is 4.17. The van der Waals surface area contributed by atoms with Crippen molar-refractivity contribution >= 4 is 28.3 Å². The highest BCUT2D eigenvalue weighted by Crippen LogP contribution is 2.25. The molecule has 0 unspecified atom stereocenters. The van der Waals surface area contributed by atoms with Gasteiger partial charge in [0.05, 0.1) is 34.1 Å². The van der Waals surface area contributed by atoms with Crippen LogP contribution in [0.2, 0.25) is 0 Å². The van der Waals surface area contributed by atoms with E-state index in [4.69, 9.17) is 0 Å². The molecular weight excluding hydrogens is 308 g/mol. The number of aryl methyl sites for hydroxylation is 2. The summed E-state index contributed by atoms with van der Waals surface area (Å²) in [5.74, 6) is -0.0221. The summed E-state index contributed by atoms with van der Waals surface area (Å²) in [6.45, 7) is 7.85. The molecule has 3 rings (SSSR count). The monoisotopic (exact) mass is 328 g/mol. The molecule has 5 nitrogen and oxygen atoms in total. The second kappa shape index (κ2) is 6.12. The van der Waals surface area contributed by atoms with Crippen molar-refractivity contribution < 1.29 is 4.79 Å². The van der Waals surface area contributed by atoms with Crippen molar-refractivity contribution in [3.05, 3.63) is 46.2 Å². The number of fused-ring (bicyclic) bond motifs is 1. The van der Waals surface area contributed by atoms with Gasteiger partial charge in [-0.1, -0.05) is 12.1 Å². The highest BCUT2D eigenvalue weighted by Gasteiger charge is 2.21. The highest BCUT2D eigenvalue weighted by atomic mass is 32.1. The minimum atomic E-state index is -0.320. The molecule has 0 spiro atoms. The standard InChI is InChI=1S/C17H20N4OS/c1-10-16(23-13(4)19-10)11(2)20-17(22)12(3)21-9-18-14-7-5-6-8-15(14)21/h5-9,11-12H,1-4H3,(H,20,22)/t11-,12-/m1/s1. The van der Waals surface area contributed by atoms with E-state index >= 15 is 0 Å². The summed E-state index contributed by atoms with van der Waals surface area (Å²) in [7, 11) is 0. The van der Waals surface area contributed by atoms with Gasteiger partial charge in [-0.15, -0.1) is 11.3 Å². The van der Waals surface area contributed by atoms with Crippen LogP contribution in [0.1, 0.15) is 41.5 Å². The van der Waals surface area contributed by atoms with Crippen LogP contribution in [0.5, 0.6) is 0 Å². The van der Waals surface area contributed by atoms with Crippen LogP contribution in [0.15, 0.2) is 30.6 Å². The zero-order valence-corrected chi connectivity index (χ0v) is 14.5. The number of nitrogens with one attached hydrogen (secondary N) is 1. The van der Waals surface area contributed by atoms with Crippen molar-refractivity contribution in [1.29, 1.82) is 0 Å². The molecule has 0 saturated carbocycles. The molecular formula is C17H20N4OS. The lowest BCUT2D eigenvalue weighted by atomic mass is 10.2. The Morgan fingerprint density at radius 3 is 2.70 bits per heavy atom. The zero-order valence-electron chi connectivity index (χ0n) is 13.7. The van der Waals surface area contributed by atoms with Gasteiger partial charge in [-0.25, -0.2) is 9.97 Å². The number of hydrogen-bond acceptors (Lipinski definition) is 4. The molecule has 1 aromatic carbocycles. The van der Waals surface area contributed by atoms with E-state index in [-0.39, 0.29) is 18.0 Å². The topological polar surface area (TPSA) is 59.8 Å². The molecule has 0 aliphatic carbocycles. The van der Waals surface area contributed by atoms with E-state index in [0.717, 1.165) is 26.6 Å². The van der Waals surface area contributed by atoms with Crippen molar-refractivity contribution in [2.75, 3.05) is 0 Å². The molecule has 0 fully saturated rings. The highest BCUT2D eigenvalue weighted by molar-refractivity contribution is 7.11. The number of imidazole rings is 1. The first kappa shape index (κ1) is 15.7. The van der Waals surface area contributed by atoms with Crippen molar-refractivity contribution in [1.82, 2.24) is 19.9 Å². The third-order valence-electron chi connectivity index (χ3n) is 3.97. The smallest absolute Gasteiger partial charge is 0.243 e. The van der Waals surface area contributed by atoms with Gasteiger partial charge in [-0.2, -0.15) is 0 Å². The Hall–Kier alpha value is -2.21. The summed E-state index contributed by atoms with van der Waals surface area (Å²) in [6, 6.07) is 7.46. The van der Waals surface area contributed by atoms with Gasteiger partial charge in [0, 0.05) is 4.88 Å². The number of benzene rings is 1. The quantitative estimate of drug-likeness (QED) is 0.797. The second-order valence-corrected chi connectivity index (χ2v) is 6.96. The summed E-state index contributed by atoms with van der Waals surface area (Å²) < 4.78 is 1.90. The maximum atomic E-state index is 12.6. The van der Waals surface area contributed by atoms with E-state index in [0.29, 0.717) is 0 Å². The fourth-order valence-electron chi connectivity index (χ4n) is 2.76. The Balaban J connectivity index is 1.79. The fraction of sp³-hybridized carbons (Fsp3) is 0.353. The first-order valence-corrected chi connectivity index (χ1v) is 8.45. The maximum Gasteiger partial charge on any atom is 0.243 e. The van der Waals surface area contributed by atoms with Gasteiger partial charge in [0.15, 0.2) is 0 Å². The third kappa shape index (κ3) is 2.99. The number of nitrogens with zero attached hydrogens (tertiary/aromatic N) is 3. The third-order valence-corrected chi connectivity index (χ3v) is 5.22. The fourth-order valence-corrected chi connectivity index (χ4v) is 3.69. The molecule has 1 amide bonds. The molecule has 120 valence electrons. The van der Waals surface area contributed by atoms with Crippen LogP contribution in [-0.2, 0) is 4.79 Å². The molecule has 0 radical (unpaired) electrons. The molecule has 0 aliphatic rings. The number of para-hydroxylation sites is 2. The minimum absolute atomic E-state index is 0.0221. The van der Waals surface area contributed by atoms with Gasteiger partial charge in [0.1, 0.15) is 6.04 Å². The molecule has 1 N–H and O–H groups in total. The zero-order chi connectivity index (χ0) is 16.6. The van der Waals surface area contributed by atoms with E-state index in [1.807, 2.05) is 56.5 Å². The van der Waals surface area contributed by atoms with Crippen LogP contribution in [0.25, 0.3) is 11.0 Å². The predicted octanol–water partition coefficient (Wildman–Crippen LogP) is 3.55. The van der Waals surface area contributed by atoms with Crippen molar-refractivity contribution in [2.24, 2.45) is 0 Å². The molecule has 6 heteroatoms. The molecule has 3 aromatic rings. The molecule has 2 atom stereocenters. The van der Waals surface area contributed by atoms with Crippen LogP contribution in [0.4, 0.5) is 0 Å². The van der Waals surface area contributed by atoms with E-state index in [1.54, 1.807) is 17.7 Å². The van der Waals surface area contributed by atoms with E-state index in [2.05, 4.69) is 15.3 Å². The van der Waals surface area contributed by atoms with Crippen molar-refractivity contribution in [2.45, 2.75) is 39.8 Å². The van der Waals surface area contributed by atoms with Crippen LogP contribution in [-0.4, -0.2) is 20.4 Å². The largest absolute Gasteiger partial charge is 0.347 e. The molecule has 2 heterocycles. The van der Waals surface area contributed by atoms with Crippen molar-refractivity contribution in [3.63, 3.8) is 0 Å². The summed E-state index contributed by atoms with van der Waals surface area (Å²) in [5.41, 5.74) is 2.85. The number of carbonyl (C=O) groups is 1. The minimum Gasteiger partial charge on any atom is -0.347 e. The summed E-state index contributed by atoms with van der Waals surface area (Å²) in [5, 5.41) is 4.11. The van der Waals surface area contributed by atoms with Crippen molar-refractivity contribution in [3.8, 4) is 0 Å². The van der Waals surface area contributed by atoms with Crippen LogP contribution >= 0.6 is 11.3 Å². The van der Waals surface area contributed by atoms with Gasteiger partial charge in [0.2, 0.25) is 5.91 Å². The Labute approximate surface area is 139 Å². The number of rotatable bonds is 4. The average Bonchev–Trinajstić information content (AvgIpc) is 3.09. The van der Waals surface area contributed by atoms with Crippen LogP contribution in [0, 0.1) is 13.8 Å².